The molecular weight excluding hydrogens is 396 g/mol. The van der Waals surface area contributed by atoms with E-state index in [0.717, 1.165) is 16.1 Å². The van der Waals surface area contributed by atoms with Crippen LogP contribution in [0.4, 0.5) is 5.69 Å². The minimum absolute atomic E-state index is 0.205. The van der Waals surface area contributed by atoms with Gasteiger partial charge in [0, 0.05) is 18.2 Å². The highest BCUT2D eigenvalue weighted by Crippen LogP contribution is 2.33. The van der Waals surface area contributed by atoms with Gasteiger partial charge in [0.05, 0.1) is 33.3 Å². The standard InChI is InChI=1S/C20H26N2O6S/c1-14(20(23)21-13-15-8-6-7-9-17(15)26-2)22(29(5,24)25)16-10-11-18(27-3)19(12-16)28-4/h6-12,14H,13H2,1-5H3,(H,21,23)/t14-/m0/s1. The molecule has 0 aliphatic rings. The largest absolute Gasteiger partial charge is 0.496 e. The van der Waals surface area contributed by atoms with Gasteiger partial charge in [-0.25, -0.2) is 8.42 Å². The third kappa shape index (κ3) is 5.32. The van der Waals surface area contributed by atoms with Gasteiger partial charge in [-0.2, -0.15) is 0 Å². The van der Waals surface area contributed by atoms with Crippen molar-refractivity contribution in [2.24, 2.45) is 0 Å². The zero-order chi connectivity index (χ0) is 21.6. The average molecular weight is 423 g/mol. The molecule has 9 heteroatoms. The van der Waals surface area contributed by atoms with Gasteiger partial charge in [-0.3, -0.25) is 9.10 Å². The predicted molar refractivity (Wildman–Crippen MR) is 111 cm³/mol. The van der Waals surface area contributed by atoms with Gasteiger partial charge in [-0.1, -0.05) is 18.2 Å². The quantitative estimate of drug-likeness (QED) is 0.666. The fourth-order valence-corrected chi connectivity index (χ4v) is 4.12. The van der Waals surface area contributed by atoms with E-state index in [1.807, 2.05) is 18.2 Å². The molecule has 2 rings (SSSR count). The third-order valence-electron chi connectivity index (χ3n) is 4.36. The van der Waals surface area contributed by atoms with Crippen molar-refractivity contribution in [2.75, 3.05) is 31.9 Å². The number of hydrogen-bond acceptors (Lipinski definition) is 6. The predicted octanol–water partition coefficient (Wildman–Crippen LogP) is 2.18. The number of amides is 1. The maximum atomic E-state index is 12.7. The van der Waals surface area contributed by atoms with Crippen molar-refractivity contribution >= 4 is 21.6 Å². The maximum absolute atomic E-state index is 12.7. The van der Waals surface area contributed by atoms with E-state index in [1.54, 1.807) is 25.3 Å². The molecular formula is C20H26N2O6S. The molecule has 0 heterocycles. The summed E-state index contributed by atoms with van der Waals surface area (Å²) < 4.78 is 41.7. The molecule has 0 saturated heterocycles. The molecule has 158 valence electrons. The Morgan fingerprint density at radius 2 is 1.62 bits per heavy atom. The van der Waals surface area contributed by atoms with Crippen LogP contribution in [-0.2, 0) is 21.4 Å². The number of anilines is 1. The number of para-hydroxylation sites is 1. The molecule has 2 aromatic carbocycles. The number of carbonyl (C=O) groups is 1. The summed E-state index contributed by atoms with van der Waals surface area (Å²) in [5, 5.41) is 2.77. The minimum Gasteiger partial charge on any atom is -0.496 e. The summed E-state index contributed by atoms with van der Waals surface area (Å²) in [7, 11) is 0.736. The van der Waals surface area contributed by atoms with Crippen molar-refractivity contribution in [3.05, 3.63) is 48.0 Å². The van der Waals surface area contributed by atoms with Crippen LogP contribution in [-0.4, -0.2) is 48.0 Å². The van der Waals surface area contributed by atoms with E-state index in [9.17, 15) is 13.2 Å². The van der Waals surface area contributed by atoms with Gasteiger partial charge in [-0.05, 0) is 25.1 Å². The molecule has 2 aromatic rings. The molecule has 0 radical (unpaired) electrons. The molecule has 8 nitrogen and oxygen atoms in total. The zero-order valence-corrected chi connectivity index (χ0v) is 17.9. The van der Waals surface area contributed by atoms with Gasteiger partial charge in [0.2, 0.25) is 15.9 Å². The highest BCUT2D eigenvalue weighted by atomic mass is 32.2. The van der Waals surface area contributed by atoms with Crippen LogP contribution in [0.2, 0.25) is 0 Å². The summed E-state index contributed by atoms with van der Waals surface area (Å²) >= 11 is 0. The van der Waals surface area contributed by atoms with E-state index in [0.29, 0.717) is 22.9 Å². The first kappa shape index (κ1) is 22.4. The molecule has 0 spiro atoms. The Hall–Kier alpha value is -2.94. The fraction of sp³-hybridized carbons (Fsp3) is 0.350. The number of benzene rings is 2. The van der Waals surface area contributed by atoms with Crippen LogP contribution in [0.15, 0.2) is 42.5 Å². The number of carbonyl (C=O) groups excluding carboxylic acids is 1. The first-order chi connectivity index (χ1) is 13.7. The normalized spacial score (nSPS) is 12.0. The average Bonchev–Trinajstić information content (AvgIpc) is 2.70. The number of hydrogen-bond donors (Lipinski definition) is 1. The van der Waals surface area contributed by atoms with Crippen LogP contribution in [0, 0.1) is 0 Å². The van der Waals surface area contributed by atoms with Crippen LogP contribution in [0.1, 0.15) is 12.5 Å². The summed E-state index contributed by atoms with van der Waals surface area (Å²) in [5.41, 5.74) is 1.08. The topological polar surface area (TPSA) is 94.2 Å². The third-order valence-corrected chi connectivity index (χ3v) is 5.60. The number of nitrogens with one attached hydrogen (secondary N) is 1. The first-order valence-electron chi connectivity index (χ1n) is 8.84. The van der Waals surface area contributed by atoms with E-state index < -0.39 is 22.0 Å². The second-order valence-corrected chi connectivity index (χ2v) is 8.16. The summed E-state index contributed by atoms with van der Waals surface area (Å²) in [6, 6.07) is 11.0. The van der Waals surface area contributed by atoms with Gasteiger partial charge < -0.3 is 19.5 Å². The Balaban J connectivity index is 2.27. The Labute approximate surface area is 171 Å². The highest BCUT2D eigenvalue weighted by Gasteiger charge is 2.29. The van der Waals surface area contributed by atoms with Gasteiger partial charge >= 0.3 is 0 Å². The molecule has 29 heavy (non-hydrogen) atoms. The Bertz CT molecular complexity index is 961. The van der Waals surface area contributed by atoms with Crippen LogP contribution in [0.3, 0.4) is 0 Å². The lowest BCUT2D eigenvalue weighted by Gasteiger charge is -2.28. The van der Waals surface area contributed by atoms with Crippen molar-refractivity contribution in [3.63, 3.8) is 0 Å². The number of ether oxygens (including phenoxy) is 3. The Morgan fingerprint density at radius 3 is 2.21 bits per heavy atom. The number of nitrogens with zero attached hydrogens (tertiary/aromatic N) is 1. The van der Waals surface area contributed by atoms with Crippen LogP contribution < -0.4 is 23.8 Å². The summed E-state index contributed by atoms with van der Waals surface area (Å²) in [6.45, 7) is 1.73. The lowest BCUT2D eigenvalue weighted by atomic mass is 10.2. The molecule has 0 bridgehead atoms. The second-order valence-electron chi connectivity index (χ2n) is 6.30. The van der Waals surface area contributed by atoms with Crippen molar-refractivity contribution in [1.82, 2.24) is 5.32 Å². The van der Waals surface area contributed by atoms with E-state index in [2.05, 4.69) is 5.32 Å². The highest BCUT2D eigenvalue weighted by molar-refractivity contribution is 7.92. The minimum atomic E-state index is -3.75. The molecule has 0 fully saturated rings. The number of rotatable bonds is 9. The van der Waals surface area contributed by atoms with Crippen molar-refractivity contribution < 1.29 is 27.4 Å². The Kier molecular flexibility index (Phi) is 7.33. The molecule has 1 atom stereocenters. The van der Waals surface area contributed by atoms with E-state index in [4.69, 9.17) is 14.2 Å². The molecule has 0 saturated carbocycles. The molecule has 0 aromatic heterocycles. The van der Waals surface area contributed by atoms with Crippen molar-refractivity contribution in [1.29, 1.82) is 0 Å². The summed E-state index contributed by atoms with van der Waals surface area (Å²) in [6.07, 6.45) is 1.05. The molecule has 0 aliphatic carbocycles. The van der Waals surface area contributed by atoms with Crippen molar-refractivity contribution in [3.8, 4) is 17.2 Å². The Morgan fingerprint density at radius 1 is 1.00 bits per heavy atom. The second kappa shape index (κ2) is 9.51. The first-order valence-corrected chi connectivity index (χ1v) is 10.7. The molecule has 1 amide bonds. The maximum Gasteiger partial charge on any atom is 0.243 e. The SMILES string of the molecule is COc1ccccc1CNC(=O)[C@H](C)N(c1ccc(OC)c(OC)c1)S(C)(=O)=O. The van der Waals surface area contributed by atoms with Gasteiger partial charge in [0.25, 0.3) is 0 Å². The lowest BCUT2D eigenvalue weighted by molar-refractivity contribution is -0.122. The molecule has 0 aliphatic heterocycles. The summed E-state index contributed by atoms with van der Waals surface area (Å²) in [4.78, 5) is 12.7. The fourth-order valence-electron chi connectivity index (χ4n) is 2.95. The van der Waals surface area contributed by atoms with Gasteiger partial charge in [0.15, 0.2) is 11.5 Å². The molecule has 1 N–H and O–H groups in total. The monoisotopic (exact) mass is 422 g/mol. The van der Waals surface area contributed by atoms with E-state index in [1.165, 1.54) is 27.2 Å². The van der Waals surface area contributed by atoms with Crippen LogP contribution >= 0.6 is 0 Å². The van der Waals surface area contributed by atoms with Gasteiger partial charge in [0.1, 0.15) is 11.8 Å². The smallest absolute Gasteiger partial charge is 0.243 e. The lowest BCUT2D eigenvalue weighted by Crippen LogP contribution is -2.47. The molecule has 0 unspecified atom stereocenters. The van der Waals surface area contributed by atoms with Gasteiger partial charge in [-0.15, -0.1) is 0 Å². The van der Waals surface area contributed by atoms with E-state index in [-0.39, 0.29) is 6.54 Å². The number of methoxy groups -OCH3 is 3. The van der Waals surface area contributed by atoms with Crippen LogP contribution in [0.25, 0.3) is 0 Å². The number of sulfonamides is 1. The van der Waals surface area contributed by atoms with E-state index >= 15 is 0 Å². The summed E-state index contributed by atoms with van der Waals surface area (Å²) in [5.74, 6) is 1.01. The zero-order valence-electron chi connectivity index (χ0n) is 17.1. The van der Waals surface area contributed by atoms with Crippen LogP contribution in [0.5, 0.6) is 17.2 Å². The van der Waals surface area contributed by atoms with Crippen molar-refractivity contribution in [2.45, 2.75) is 19.5 Å².